The van der Waals surface area contributed by atoms with E-state index in [9.17, 15) is 0 Å². The summed E-state index contributed by atoms with van der Waals surface area (Å²) in [7, 11) is -0.399. The molecule has 0 spiro atoms. The van der Waals surface area contributed by atoms with Crippen molar-refractivity contribution in [2.24, 2.45) is 5.92 Å². The van der Waals surface area contributed by atoms with E-state index in [0.29, 0.717) is 0 Å². The predicted molar refractivity (Wildman–Crippen MR) is 103 cm³/mol. The van der Waals surface area contributed by atoms with E-state index in [1.807, 2.05) is 0 Å². The predicted octanol–water partition coefficient (Wildman–Crippen LogP) is 4.56. The van der Waals surface area contributed by atoms with Crippen LogP contribution in [-0.4, -0.2) is 23.3 Å². The van der Waals surface area contributed by atoms with Crippen LogP contribution in [0.4, 0.5) is 0 Å². The van der Waals surface area contributed by atoms with Crippen LogP contribution in [0.1, 0.15) is 77.6 Å². The molecule has 2 bridgehead atoms. The number of pyridine rings is 1. The summed E-state index contributed by atoms with van der Waals surface area (Å²) in [6.07, 6.45) is 7.70. The summed E-state index contributed by atoms with van der Waals surface area (Å²) in [5, 5.41) is 0.788. The van der Waals surface area contributed by atoms with E-state index in [1.165, 1.54) is 38.5 Å². The largest absolute Gasteiger partial charge is 0.496 e. The minimum Gasteiger partial charge on any atom is -0.399 e. The zero-order valence-corrected chi connectivity index (χ0v) is 16.9. The summed E-state index contributed by atoms with van der Waals surface area (Å²) in [6.45, 7) is 10.4. The fourth-order valence-corrected chi connectivity index (χ4v) is 5.14. The van der Waals surface area contributed by atoms with Crippen molar-refractivity contribution in [3.05, 3.63) is 22.5 Å². The molecule has 1 aliphatic heterocycles. The highest BCUT2D eigenvalue weighted by atomic mass is 35.5. The van der Waals surface area contributed by atoms with Crippen LogP contribution in [0.2, 0.25) is 5.02 Å². The number of rotatable bonds is 2. The van der Waals surface area contributed by atoms with Crippen molar-refractivity contribution in [1.29, 1.82) is 0 Å². The van der Waals surface area contributed by atoms with E-state index in [1.54, 1.807) is 0 Å². The number of aromatic nitrogens is 1. The molecule has 5 rings (SSSR count). The van der Waals surface area contributed by atoms with Crippen molar-refractivity contribution in [1.82, 2.24) is 4.98 Å². The third-order valence-corrected chi connectivity index (χ3v) is 7.60. The normalized spacial score (nSPS) is 33.0. The van der Waals surface area contributed by atoms with Gasteiger partial charge < -0.3 is 9.31 Å². The molecular formula is C20H29BClNO2. The minimum absolute atomic E-state index is 0.199. The lowest BCUT2D eigenvalue weighted by Gasteiger charge is -2.46. The average molecular weight is 362 g/mol. The molecule has 0 radical (unpaired) electrons. The molecular weight excluding hydrogens is 332 g/mol. The summed E-state index contributed by atoms with van der Waals surface area (Å²) >= 11 is 6.77. The second-order valence-corrected chi connectivity index (χ2v) is 9.75. The van der Waals surface area contributed by atoms with E-state index in [2.05, 4.69) is 40.7 Å². The van der Waals surface area contributed by atoms with E-state index in [4.69, 9.17) is 25.9 Å². The SMILES string of the molecule is Cc1nc(C23CCC(CC2)CC3)c(Cl)cc1B1OC(C)(C)C(C)(C)O1. The Hall–Kier alpha value is -0.575. The van der Waals surface area contributed by atoms with Gasteiger partial charge in [-0.15, -0.1) is 0 Å². The highest BCUT2D eigenvalue weighted by Crippen LogP contribution is 2.52. The first-order valence-electron chi connectivity index (χ1n) is 9.67. The van der Waals surface area contributed by atoms with Gasteiger partial charge in [0, 0.05) is 16.6 Å². The van der Waals surface area contributed by atoms with E-state index >= 15 is 0 Å². The van der Waals surface area contributed by atoms with Gasteiger partial charge in [-0.1, -0.05) is 11.6 Å². The van der Waals surface area contributed by atoms with Crippen LogP contribution >= 0.6 is 11.6 Å². The Morgan fingerprint density at radius 3 is 2.08 bits per heavy atom. The van der Waals surface area contributed by atoms with Crippen LogP contribution in [0.3, 0.4) is 0 Å². The van der Waals surface area contributed by atoms with Gasteiger partial charge >= 0.3 is 7.12 Å². The Kier molecular flexibility index (Phi) is 4.07. The summed E-state index contributed by atoms with van der Waals surface area (Å²) in [4.78, 5) is 5.01. The van der Waals surface area contributed by atoms with Gasteiger partial charge in [-0.05, 0) is 85.1 Å². The summed E-state index contributed by atoms with van der Waals surface area (Å²) < 4.78 is 12.4. The maximum absolute atomic E-state index is 6.77. The Balaban J connectivity index is 1.68. The van der Waals surface area contributed by atoms with Gasteiger partial charge in [0.2, 0.25) is 0 Å². The highest BCUT2D eigenvalue weighted by Gasteiger charge is 2.52. The van der Waals surface area contributed by atoms with Gasteiger partial charge in [-0.25, -0.2) is 0 Å². The minimum atomic E-state index is -0.399. The molecule has 3 nitrogen and oxygen atoms in total. The molecule has 0 aromatic carbocycles. The molecule has 2 heterocycles. The summed E-state index contributed by atoms with van der Waals surface area (Å²) in [6, 6.07) is 2.05. The number of nitrogens with zero attached hydrogens (tertiary/aromatic N) is 1. The second-order valence-electron chi connectivity index (χ2n) is 9.34. The molecule has 0 amide bonds. The molecule has 1 aromatic heterocycles. The van der Waals surface area contributed by atoms with Crippen LogP contribution < -0.4 is 5.46 Å². The Bertz CT molecular complexity index is 665. The lowest BCUT2D eigenvalue weighted by molar-refractivity contribution is 0.00578. The Morgan fingerprint density at radius 2 is 1.56 bits per heavy atom. The van der Waals surface area contributed by atoms with Crippen molar-refractivity contribution >= 4 is 24.2 Å². The van der Waals surface area contributed by atoms with Crippen LogP contribution in [0.5, 0.6) is 0 Å². The third-order valence-electron chi connectivity index (χ3n) is 7.31. The van der Waals surface area contributed by atoms with Crippen molar-refractivity contribution < 1.29 is 9.31 Å². The number of aryl methyl sites for hydroxylation is 1. The number of fused-ring (bicyclic) bond motifs is 3. The van der Waals surface area contributed by atoms with Gasteiger partial charge in [0.15, 0.2) is 0 Å². The molecule has 25 heavy (non-hydrogen) atoms. The second kappa shape index (κ2) is 5.71. The molecule has 136 valence electrons. The maximum atomic E-state index is 6.77. The first kappa shape index (κ1) is 17.8. The Labute approximate surface area is 157 Å². The molecule has 4 aliphatic rings. The van der Waals surface area contributed by atoms with Gasteiger partial charge in [0.05, 0.1) is 21.9 Å². The van der Waals surface area contributed by atoms with Crippen molar-refractivity contribution in [3.63, 3.8) is 0 Å². The monoisotopic (exact) mass is 361 g/mol. The van der Waals surface area contributed by atoms with Gasteiger partial charge in [-0.3, -0.25) is 4.98 Å². The van der Waals surface area contributed by atoms with Crippen molar-refractivity contribution in [2.75, 3.05) is 0 Å². The standard InChI is InChI=1S/C20H29BClNO2/c1-13-15(21-24-18(2,3)19(4,5)25-21)12-16(22)17(23-13)20-9-6-14(7-10-20)8-11-20/h12,14H,6-11H2,1-5H3. The van der Waals surface area contributed by atoms with Gasteiger partial charge in [0.25, 0.3) is 0 Å². The molecule has 0 N–H and O–H groups in total. The lowest BCUT2D eigenvalue weighted by Crippen LogP contribution is -2.41. The van der Waals surface area contributed by atoms with Crippen molar-refractivity contribution in [2.45, 2.75) is 89.8 Å². The third kappa shape index (κ3) is 2.76. The number of hydrogen-bond acceptors (Lipinski definition) is 3. The van der Waals surface area contributed by atoms with Gasteiger partial charge in [0.1, 0.15) is 0 Å². The molecule has 0 atom stereocenters. The fraction of sp³-hybridized carbons (Fsp3) is 0.750. The molecule has 3 aliphatic carbocycles. The van der Waals surface area contributed by atoms with Crippen LogP contribution in [0.15, 0.2) is 6.07 Å². The first-order valence-corrected chi connectivity index (χ1v) is 10.0. The molecule has 1 aromatic rings. The van der Waals surface area contributed by atoms with E-state index in [-0.39, 0.29) is 16.6 Å². The van der Waals surface area contributed by atoms with Crippen molar-refractivity contribution in [3.8, 4) is 0 Å². The zero-order chi connectivity index (χ0) is 18.0. The van der Waals surface area contributed by atoms with Crippen LogP contribution in [0.25, 0.3) is 0 Å². The van der Waals surface area contributed by atoms with E-state index < -0.39 is 7.12 Å². The lowest BCUT2D eigenvalue weighted by atomic mass is 9.59. The Morgan fingerprint density at radius 1 is 1.04 bits per heavy atom. The molecule has 3 saturated carbocycles. The fourth-order valence-electron chi connectivity index (χ4n) is 4.78. The van der Waals surface area contributed by atoms with Crippen LogP contribution in [-0.2, 0) is 14.7 Å². The quantitative estimate of drug-likeness (QED) is 0.723. The summed E-state index contributed by atoms with van der Waals surface area (Å²) in [5.74, 6) is 0.936. The molecule has 0 unspecified atom stereocenters. The molecule has 5 heteroatoms. The first-order chi connectivity index (χ1) is 11.6. The number of hydrogen-bond donors (Lipinski definition) is 0. The topological polar surface area (TPSA) is 31.4 Å². The number of halogens is 1. The maximum Gasteiger partial charge on any atom is 0.496 e. The average Bonchev–Trinajstić information content (AvgIpc) is 2.78. The molecule has 1 saturated heterocycles. The molecule has 4 fully saturated rings. The highest BCUT2D eigenvalue weighted by molar-refractivity contribution is 6.62. The smallest absolute Gasteiger partial charge is 0.399 e. The van der Waals surface area contributed by atoms with E-state index in [0.717, 1.165) is 27.8 Å². The van der Waals surface area contributed by atoms with Crippen LogP contribution in [0, 0.1) is 12.8 Å². The van der Waals surface area contributed by atoms with Gasteiger partial charge in [-0.2, -0.15) is 0 Å². The zero-order valence-electron chi connectivity index (χ0n) is 16.1. The summed E-state index contributed by atoms with van der Waals surface area (Å²) in [5.41, 5.74) is 2.56.